The van der Waals surface area contributed by atoms with E-state index in [0.717, 1.165) is 6.42 Å². The Morgan fingerprint density at radius 2 is 2.06 bits per heavy atom. The van der Waals surface area contributed by atoms with Crippen LogP contribution in [0.3, 0.4) is 0 Å². The van der Waals surface area contributed by atoms with Gasteiger partial charge in [-0.3, -0.25) is 4.79 Å². The Kier molecular flexibility index (Phi) is 4.53. The van der Waals surface area contributed by atoms with Crippen molar-refractivity contribution in [3.8, 4) is 0 Å². The Bertz CT molecular complexity index is 327. The maximum atomic E-state index is 11.8. The molecule has 0 bridgehead atoms. The van der Waals surface area contributed by atoms with E-state index in [4.69, 9.17) is 10.5 Å². The molecule has 1 aliphatic rings. The van der Waals surface area contributed by atoms with Gasteiger partial charge in [0.2, 0.25) is 0 Å². The van der Waals surface area contributed by atoms with Crippen molar-refractivity contribution in [3.63, 3.8) is 0 Å². The van der Waals surface area contributed by atoms with Crippen LogP contribution in [0.1, 0.15) is 34.1 Å². The zero-order valence-electron chi connectivity index (χ0n) is 11.2. The molecule has 7 nitrogen and oxygen atoms in total. The molecular weight excluding hydrogens is 238 g/mol. The van der Waals surface area contributed by atoms with E-state index in [0.29, 0.717) is 6.54 Å². The Morgan fingerprint density at radius 1 is 1.44 bits per heavy atom. The van der Waals surface area contributed by atoms with Crippen LogP contribution in [0.2, 0.25) is 0 Å². The van der Waals surface area contributed by atoms with E-state index in [1.165, 1.54) is 11.8 Å². The highest BCUT2D eigenvalue weighted by atomic mass is 16.7. The van der Waals surface area contributed by atoms with Gasteiger partial charge in [-0.1, -0.05) is 0 Å². The number of amides is 1. The van der Waals surface area contributed by atoms with Crippen molar-refractivity contribution >= 4 is 12.1 Å². The van der Waals surface area contributed by atoms with Gasteiger partial charge in [-0.25, -0.2) is 4.79 Å². The molecule has 0 saturated carbocycles. The summed E-state index contributed by atoms with van der Waals surface area (Å²) in [5, 5.41) is 0. The molecular formula is C11H21N3O4. The summed E-state index contributed by atoms with van der Waals surface area (Å²) in [5.41, 5.74) is 7.65. The number of hydroxylamine groups is 1. The van der Waals surface area contributed by atoms with Crippen LogP contribution in [0.4, 0.5) is 4.79 Å². The summed E-state index contributed by atoms with van der Waals surface area (Å²) >= 11 is 0. The first-order valence-electron chi connectivity index (χ1n) is 5.89. The number of carbonyl (C=O) groups excluding carboxylic acids is 2. The summed E-state index contributed by atoms with van der Waals surface area (Å²) in [5.74, 6) is -0.478. The average Bonchev–Trinajstić information content (AvgIpc) is 2.09. The molecule has 1 unspecified atom stereocenters. The van der Waals surface area contributed by atoms with E-state index >= 15 is 0 Å². The standard InChI is InChI=1S/C11H21N3O4/c1-7(15)18-13-9(12)8-5-6-14(8)10(16)17-11(2,3)4/h8-9,13H,5-6,12H2,1-4H3/t8-,9?/m0/s1. The molecule has 1 amide bonds. The van der Waals surface area contributed by atoms with Crippen LogP contribution in [0.5, 0.6) is 0 Å². The fourth-order valence-corrected chi connectivity index (χ4v) is 1.56. The van der Waals surface area contributed by atoms with Crippen molar-refractivity contribution in [1.29, 1.82) is 0 Å². The summed E-state index contributed by atoms with van der Waals surface area (Å²) in [6, 6.07) is -0.223. The first kappa shape index (κ1) is 14.7. The largest absolute Gasteiger partial charge is 0.444 e. The van der Waals surface area contributed by atoms with Crippen molar-refractivity contribution < 1.29 is 19.2 Å². The lowest BCUT2D eigenvalue weighted by Gasteiger charge is -2.43. The number of ether oxygens (including phenoxy) is 1. The van der Waals surface area contributed by atoms with Gasteiger partial charge in [0.1, 0.15) is 11.8 Å². The molecule has 0 aromatic rings. The van der Waals surface area contributed by atoms with Crippen molar-refractivity contribution in [2.75, 3.05) is 6.54 Å². The lowest BCUT2D eigenvalue weighted by atomic mass is 10.0. The van der Waals surface area contributed by atoms with Gasteiger partial charge in [-0.05, 0) is 27.2 Å². The highest BCUT2D eigenvalue weighted by Crippen LogP contribution is 2.22. The highest BCUT2D eigenvalue weighted by Gasteiger charge is 2.39. The molecule has 1 aliphatic heterocycles. The molecule has 0 spiro atoms. The van der Waals surface area contributed by atoms with Gasteiger partial charge < -0.3 is 20.2 Å². The number of nitrogens with zero attached hydrogens (tertiary/aromatic N) is 1. The Labute approximate surface area is 107 Å². The normalized spacial score (nSPS) is 20.9. The molecule has 3 N–H and O–H groups in total. The topological polar surface area (TPSA) is 93.9 Å². The number of hydrogen-bond donors (Lipinski definition) is 2. The van der Waals surface area contributed by atoms with Gasteiger partial charge in [0.25, 0.3) is 0 Å². The third-order valence-electron chi connectivity index (χ3n) is 2.45. The number of likely N-dealkylation sites (tertiary alicyclic amines) is 1. The fraction of sp³-hybridized carbons (Fsp3) is 0.818. The lowest BCUT2D eigenvalue weighted by molar-refractivity contribution is -0.152. The summed E-state index contributed by atoms with van der Waals surface area (Å²) in [6.45, 7) is 7.27. The second-order valence-corrected chi connectivity index (χ2v) is 5.27. The van der Waals surface area contributed by atoms with Crippen molar-refractivity contribution in [2.24, 2.45) is 5.73 Å². The van der Waals surface area contributed by atoms with E-state index in [9.17, 15) is 9.59 Å². The second kappa shape index (κ2) is 5.53. The van der Waals surface area contributed by atoms with Crippen LogP contribution in [0.25, 0.3) is 0 Å². The Balaban J connectivity index is 2.44. The van der Waals surface area contributed by atoms with Crippen LogP contribution >= 0.6 is 0 Å². The quantitative estimate of drug-likeness (QED) is 0.561. The van der Waals surface area contributed by atoms with E-state index in [1.807, 2.05) is 0 Å². The zero-order valence-corrected chi connectivity index (χ0v) is 11.2. The van der Waals surface area contributed by atoms with Crippen LogP contribution in [-0.4, -0.2) is 41.3 Å². The fourth-order valence-electron chi connectivity index (χ4n) is 1.56. The SMILES string of the molecule is CC(=O)ONC(N)[C@@H]1CCN1C(=O)OC(C)(C)C. The molecule has 18 heavy (non-hydrogen) atoms. The maximum absolute atomic E-state index is 11.8. The van der Waals surface area contributed by atoms with Crippen molar-refractivity contribution in [2.45, 2.75) is 51.9 Å². The summed E-state index contributed by atoms with van der Waals surface area (Å²) in [4.78, 5) is 28.6. The minimum Gasteiger partial charge on any atom is -0.444 e. The molecule has 1 saturated heterocycles. The molecule has 0 aromatic heterocycles. The van der Waals surface area contributed by atoms with Gasteiger partial charge in [0, 0.05) is 13.5 Å². The molecule has 1 fully saturated rings. The number of nitrogens with two attached hydrogens (primary N) is 1. The summed E-state index contributed by atoms with van der Waals surface area (Å²) in [7, 11) is 0. The minimum atomic E-state index is -0.616. The number of hydrogen-bond acceptors (Lipinski definition) is 6. The Morgan fingerprint density at radius 3 is 2.44 bits per heavy atom. The van der Waals surface area contributed by atoms with Crippen LogP contribution in [0, 0.1) is 0 Å². The third kappa shape index (κ3) is 4.15. The predicted molar refractivity (Wildman–Crippen MR) is 64.2 cm³/mol. The van der Waals surface area contributed by atoms with Crippen LogP contribution in [0.15, 0.2) is 0 Å². The molecule has 0 radical (unpaired) electrons. The minimum absolute atomic E-state index is 0.223. The molecule has 1 rings (SSSR count). The Hall–Kier alpha value is -1.34. The van der Waals surface area contributed by atoms with Gasteiger partial charge in [-0.2, -0.15) is 0 Å². The van der Waals surface area contributed by atoms with Crippen LogP contribution in [-0.2, 0) is 14.4 Å². The van der Waals surface area contributed by atoms with Gasteiger partial charge >= 0.3 is 12.1 Å². The maximum Gasteiger partial charge on any atom is 0.410 e. The van der Waals surface area contributed by atoms with E-state index in [2.05, 4.69) is 10.3 Å². The lowest BCUT2D eigenvalue weighted by Crippen LogP contribution is -2.64. The third-order valence-corrected chi connectivity index (χ3v) is 2.45. The monoisotopic (exact) mass is 259 g/mol. The number of rotatable bonds is 3. The summed E-state index contributed by atoms with van der Waals surface area (Å²) < 4.78 is 5.24. The van der Waals surface area contributed by atoms with Crippen molar-refractivity contribution in [1.82, 2.24) is 10.4 Å². The van der Waals surface area contributed by atoms with Gasteiger partial charge in [-0.15, -0.1) is 5.48 Å². The van der Waals surface area contributed by atoms with Crippen molar-refractivity contribution in [3.05, 3.63) is 0 Å². The molecule has 0 aromatic carbocycles. The molecule has 104 valence electrons. The second-order valence-electron chi connectivity index (χ2n) is 5.27. The van der Waals surface area contributed by atoms with Gasteiger partial charge in [0.15, 0.2) is 0 Å². The average molecular weight is 259 g/mol. The van der Waals surface area contributed by atoms with Crippen LogP contribution < -0.4 is 11.2 Å². The molecule has 7 heteroatoms. The van der Waals surface area contributed by atoms with E-state index in [1.54, 1.807) is 20.8 Å². The highest BCUT2D eigenvalue weighted by molar-refractivity contribution is 5.69. The number of nitrogens with one attached hydrogen (secondary N) is 1. The first-order valence-corrected chi connectivity index (χ1v) is 5.89. The first-order chi connectivity index (χ1) is 8.20. The molecule has 0 aliphatic carbocycles. The zero-order chi connectivity index (χ0) is 13.9. The van der Waals surface area contributed by atoms with E-state index < -0.39 is 23.8 Å². The molecule has 1 heterocycles. The predicted octanol–water partition coefficient (Wildman–Crippen LogP) is 0.348. The van der Waals surface area contributed by atoms with E-state index in [-0.39, 0.29) is 6.04 Å². The smallest absolute Gasteiger partial charge is 0.410 e. The number of carbonyl (C=O) groups is 2. The summed E-state index contributed by atoms with van der Waals surface area (Å²) in [6.07, 6.45) is -0.275. The molecule has 2 atom stereocenters. The van der Waals surface area contributed by atoms with Gasteiger partial charge in [0.05, 0.1) is 6.04 Å².